The molecule has 0 saturated carbocycles. The molecule has 0 bridgehead atoms. The molecule has 0 amide bonds. The average Bonchev–Trinajstić information content (AvgIpc) is 3.23. The predicted octanol–water partition coefficient (Wildman–Crippen LogP) is 5.56. The Bertz CT molecular complexity index is 1370. The fraction of sp³-hybridized carbons (Fsp3) is 0.0455. The summed E-state index contributed by atoms with van der Waals surface area (Å²) < 4.78 is 10.7. The zero-order chi connectivity index (χ0) is 21.1. The number of thiazole rings is 1. The van der Waals surface area contributed by atoms with E-state index in [2.05, 4.69) is 16.4 Å². The average molecular weight is 436 g/mol. The van der Waals surface area contributed by atoms with Crippen LogP contribution in [0.25, 0.3) is 27.8 Å². The van der Waals surface area contributed by atoms with Crippen molar-refractivity contribution in [2.45, 2.75) is 0 Å². The second-order valence-corrected chi connectivity index (χ2v) is 7.48. The van der Waals surface area contributed by atoms with Crippen molar-refractivity contribution in [3.05, 3.63) is 80.6 Å². The summed E-state index contributed by atoms with van der Waals surface area (Å²) in [6, 6.07) is 16.3. The molecule has 30 heavy (non-hydrogen) atoms. The van der Waals surface area contributed by atoms with Crippen molar-refractivity contribution in [3.8, 4) is 23.1 Å². The third-order valence-corrected chi connectivity index (χ3v) is 5.42. The molecule has 4 aromatic rings. The molecule has 0 aliphatic heterocycles. The minimum atomic E-state index is -0.477. The van der Waals surface area contributed by atoms with Crippen LogP contribution in [0.5, 0.6) is 5.75 Å². The van der Waals surface area contributed by atoms with Crippen LogP contribution < -0.4 is 15.7 Å². The lowest BCUT2D eigenvalue weighted by Crippen LogP contribution is -2.02. The van der Waals surface area contributed by atoms with Gasteiger partial charge in [-0.1, -0.05) is 29.8 Å². The molecular weight excluding hydrogens is 422 g/mol. The molecule has 2 heterocycles. The number of nitrogens with one attached hydrogen (secondary N) is 1. The maximum absolute atomic E-state index is 12.4. The van der Waals surface area contributed by atoms with Gasteiger partial charge in [0.25, 0.3) is 0 Å². The normalized spacial score (nSPS) is 11.3. The number of hydrogen-bond donors (Lipinski definition) is 1. The molecule has 0 spiro atoms. The highest BCUT2D eigenvalue weighted by molar-refractivity contribution is 7.11. The SMILES string of the molecule is COc1ccc(Cl)cc1NC=C(C#N)c1nc(-c2cc3ccccc3oc2=O)cs1. The Hall–Kier alpha value is -3.60. The summed E-state index contributed by atoms with van der Waals surface area (Å²) in [7, 11) is 1.55. The molecule has 0 unspecified atom stereocenters. The van der Waals surface area contributed by atoms with Crippen molar-refractivity contribution < 1.29 is 9.15 Å². The van der Waals surface area contributed by atoms with E-state index in [0.29, 0.717) is 43.9 Å². The summed E-state index contributed by atoms with van der Waals surface area (Å²) in [6.07, 6.45) is 1.53. The van der Waals surface area contributed by atoms with E-state index in [1.165, 1.54) is 17.5 Å². The van der Waals surface area contributed by atoms with E-state index in [-0.39, 0.29) is 0 Å². The summed E-state index contributed by atoms with van der Waals surface area (Å²) in [5.41, 5.74) is 1.76. The van der Waals surface area contributed by atoms with Crippen LogP contribution in [0.1, 0.15) is 5.01 Å². The maximum atomic E-state index is 12.4. The Balaban J connectivity index is 1.67. The molecule has 0 aliphatic rings. The first-order valence-corrected chi connectivity index (χ1v) is 10.0. The van der Waals surface area contributed by atoms with E-state index in [1.807, 2.05) is 12.1 Å². The van der Waals surface area contributed by atoms with E-state index in [9.17, 15) is 10.1 Å². The van der Waals surface area contributed by atoms with Crippen molar-refractivity contribution in [2.75, 3.05) is 12.4 Å². The number of fused-ring (bicyclic) bond motifs is 1. The molecule has 4 rings (SSSR count). The lowest BCUT2D eigenvalue weighted by Gasteiger charge is -2.08. The van der Waals surface area contributed by atoms with Gasteiger partial charge in [0.1, 0.15) is 28.0 Å². The number of nitriles is 1. The molecular formula is C22H14ClN3O3S. The van der Waals surface area contributed by atoms with Gasteiger partial charge in [0.15, 0.2) is 0 Å². The van der Waals surface area contributed by atoms with E-state index in [4.69, 9.17) is 20.8 Å². The summed E-state index contributed by atoms with van der Waals surface area (Å²) in [5, 5.41) is 16.1. The first-order valence-electron chi connectivity index (χ1n) is 8.78. The van der Waals surface area contributed by atoms with E-state index >= 15 is 0 Å². The zero-order valence-electron chi connectivity index (χ0n) is 15.7. The number of ether oxygens (including phenoxy) is 1. The molecule has 2 aromatic carbocycles. The van der Waals surface area contributed by atoms with Gasteiger partial charge in [0.2, 0.25) is 0 Å². The van der Waals surface area contributed by atoms with Gasteiger partial charge in [-0.25, -0.2) is 9.78 Å². The number of para-hydroxylation sites is 1. The lowest BCUT2D eigenvalue weighted by molar-refractivity contribution is 0.417. The summed E-state index contributed by atoms with van der Waals surface area (Å²) in [6.45, 7) is 0. The van der Waals surface area contributed by atoms with Crippen LogP contribution in [-0.4, -0.2) is 12.1 Å². The van der Waals surface area contributed by atoms with Gasteiger partial charge in [-0.3, -0.25) is 0 Å². The molecule has 2 aromatic heterocycles. The van der Waals surface area contributed by atoms with Crippen LogP contribution in [0.15, 0.2) is 69.3 Å². The minimum Gasteiger partial charge on any atom is -0.495 e. The molecule has 0 atom stereocenters. The van der Waals surface area contributed by atoms with Gasteiger partial charge < -0.3 is 14.5 Å². The predicted molar refractivity (Wildman–Crippen MR) is 119 cm³/mol. The van der Waals surface area contributed by atoms with Crippen molar-refractivity contribution in [3.63, 3.8) is 0 Å². The van der Waals surface area contributed by atoms with Gasteiger partial charge in [-0.05, 0) is 30.3 Å². The number of aromatic nitrogens is 1. The standard InChI is InChI=1S/C22H14ClN3O3S/c1-28-20-7-6-15(23)9-17(20)25-11-14(10-24)21-26-18(12-30-21)16-8-13-4-2-3-5-19(13)29-22(16)27/h2-9,11-12,25H,1H3. The number of benzene rings is 2. The lowest BCUT2D eigenvalue weighted by atomic mass is 10.1. The molecule has 0 radical (unpaired) electrons. The topological polar surface area (TPSA) is 88.2 Å². The third-order valence-electron chi connectivity index (χ3n) is 4.31. The van der Waals surface area contributed by atoms with Crippen molar-refractivity contribution >= 4 is 45.2 Å². The number of methoxy groups -OCH3 is 1. The Morgan fingerprint density at radius 1 is 1.30 bits per heavy atom. The van der Waals surface area contributed by atoms with Crippen LogP contribution in [-0.2, 0) is 0 Å². The van der Waals surface area contributed by atoms with Gasteiger partial charge in [-0.2, -0.15) is 5.26 Å². The second-order valence-electron chi connectivity index (χ2n) is 6.18. The number of rotatable bonds is 5. The van der Waals surface area contributed by atoms with Crippen LogP contribution in [0.2, 0.25) is 5.02 Å². The van der Waals surface area contributed by atoms with Crippen molar-refractivity contribution in [1.82, 2.24) is 4.98 Å². The highest BCUT2D eigenvalue weighted by Crippen LogP contribution is 2.30. The molecule has 0 fully saturated rings. The third kappa shape index (κ3) is 3.92. The van der Waals surface area contributed by atoms with Crippen LogP contribution >= 0.6 is 22.9 Å². The second kappa shape index (κ2) is 8.41. The first kappa shape index (κ1) is 19.7. The Morgan fingerprint density at radius 2 is 2.13 bits per heavy atom. The number of hydrogen-bond acceptors (Lipinski definition) is 7. The zero-order valence-corrected chi connectivity index (χ0v) is 17.3. The summed E-state index contributed by atoms with van der Waals surface area (Å²) in [5.74, 6) is 0.585. The molecule has 0 aliphatic carbocycles. The molecule has 8 heteroatoms. The van der Waals surface area contributed by atoms with E-state index in [0.717, 1.165) is 5.39 Å². The number of nitrogens with zero attached hydrogens (tertiary/aromatic N) is 2. The highest BCUT2D eigenvalue weighted by Gasteiger charge is 2.14. The van der Waals surface area contributed by atoms with Crippen molar-refractivity contribution in [2.24, 2.45) is 0 Å². The molecule has 1 N–H and O–H groups in total. The smallest absolute Gasteiger partial charge is 0.345 e. The Morgan fingerprint density at radius 3 is 2.93 bits per heavy atom. The Kier molecular flexibility index (Phi) is 5.53. The van der Waals surface area contributed by atoms with E-state index in [1.54, 1.807) is 48.9 Å². The van der Waals surface area contributed by atoms with Crippen LogP contribution in [0.4, 0.5) is 5.69 Å². The largest absolute Gasteiger partial charge is 0.495 e. The first-order chi connectivity index (χ1) is 14.6. The van der Waals surface area contributed by atoms with Crippen LogP contribution in [0, 0.1) is 11.3 Å². The van der Waals surface area contributed by atoms with Gasteiger partial charge in [0.05, 0.1) is 24.1 Å². The summed E-state index contributed by atoms with van der Waals surface area (Å²) in [4.78, 5) is 16.8. The number of halogens is 1. The minimum absolute atomic E-state index is 0.304. The number of allylic oxidation sites excluding steroid dienone is 1. The molecule has 148 valence electrons. The maximum Gasteiger partial charge on any atom is 0.345 e. The van der Waals surface area contributed by atoms with Crippen LogP contribution in [0.3, 0.4) is 0 Å². The van der Waals surface area contributed by atoms with Gasteiger partial charge >= 0.3 is 5.63 Å². The van der Waals surface area contributed by atoms with Crippen molar-refractivity contribution in [1.29, 1.82) is 5.26 Å². The molecule has 0 saturated heterocycles. The highest BCUT2D eigenvalue weighted by atomic mass is 35.5. The fourth-order valence-electron chi connectivity index (χ4n) is 2.85. The number of anilines is 1. The van der Waals surface area contributed by atoms with Gasteiger partial charge in [-0.15, -0.1) is 11.3 Å². The fourth-order valence-corrected chi connectivity index (χ4v) is 3.80. The van der Waals surface area contributed by atoms with E-state index < -0.39 is 5.63 Å². The quantitative estimate of drug-likeness (QED) is 0.326. The molecule has 6 nitrogen and oxygen atoms in total. The Labute approximate surface area is 180 Å². The monoisotopic (exact) mass is 435 g/mol. The van der Waals surface area contributed by atoms with Gasteiger partial charge in [0, 0.05) is 22.0 Å². The summed E-state index contributed by atoms with van der Waals surface area (Å²) >= 11 is 7.30.